The first-order valence-corrected chi connectivity index (χ1v) is 7.30. The van der Waals surface area contributed by atoms with Gasteiger partial charge in [0.2, 0.25) is 0 Å². The lowest BCUT2D eigenvalue weighted by molar-refractivity contribution is 0.285. The maximum Gasteiger partial charge on any atom is 0.0367 e. The standard InChI is InChI=1S/C16H24N2/c1-3-13-4-8-15(9-5-13)18-11-10-17-16(2,12-18)14-6-7-14/h4-5,8-9,14,17H,3,6-7,10-12H2,1-2H3. The Balaban J connectivity index is 1.74. The molecule has 1 atom stereocenters. The molecule has 1 N–H and O–H groups in total. The largest absolute Gasteiger partial charge is 0.368 e. The minimum absolute atomic E-state index is 0.335. The first kappa shape index (κ1) is 12.0. The molecule has 2 fully saturated rings. The molecule has 0 amide bonds. The lowest BCUT2D eigenvalue weighted by atomic mass is 9.92. The zero-order valence-electron chi connectivity index (χ0n) is 11.6. The van der Waals surface area contributed by atoms with Gasteiger partial charge in [-0.25, -0.2) is 0 Å². The lowest BCUT2D eigenvalue weighted by Crippen LogP contribution is -2.60. The van der Waals surface area contributed by atoms with E-state index in [0.29, 0.717) is 5.54 Å². The third-order valence-corrected chi connectivity index (χ3v) is 4.62. The fourth-order valence-electron chi connectivity index (χ4n) is 3.16. The van der Waals surface area contributed by atoms with Crippen molar-refractivity contribution in [2.45, 2.75) is 38.6 Å². The smallest absolute Gasteiger partial charge is 0.0367 e. The van der Waals surface area contributed by atoms with Gasteiger partial charge in [0, 0.05) is 30.9 Å². The number of nitrogens with zero attached hydrogens (tertiary/aromatic N) is 1. The summed E-state index contributed by atoms with van der Waals surface area (Å²) in [5.74, 6) is 0.898. The van der Waals surface area contributed by atoms with Crippen LogP contribution in [0.1, 0.15) is 32.3 Å². The van der Waals surface area contributed by atoms with E-state index in [1.807, 2.05) is 0 Å². The SMILES string of the molecule is CCc1ccc(N2CCNC(C)(C3CC3)C2)cc1. The van der Waals surface area contributed by atoms with Crippen LogP contribution in [-0.4, -0.2) is 25.2 Å². The van der Waals surface area contributed by atoms with Gasteiger partial charge < -0.3 is 10.2 Å². The molecule has 98 valence electrons. The minimum atomic E-state index is 0.335. The Morgan fingerprint density at radius 2 is 2.00 bits per heavy atom. The highest BCUT2D eigenvalue weighted by Gasteiger charge is 2.43. The van der Waals surface area contributed by atoms with Gasteiger partial charge in [-0.05, 0) is 49.8 Å². The molecule has 1 heterocycles. The van der Waals surface area contributed by atoms with E-state index < -0.39 is 0 Å². The highest BCUT2D eigenvalue weighted by molar-refractivity contribution is 5.49. The van der Waals surface area contributed by atoms with Crippen LogP contribution in [0.2, 0.25) is 0 Å². The predicted octanol–water partition coefficient (Wildman–Crippen LogP) is 2.83. The fourth-order valence-corrected chi connectivity index (χ4v) is 3.16. The fraction of sp³-hybridized carbons (Fsp3) is 0.625. The van der Waals surface area contributed by atoms with Gasteiger partial charge in [-0.1, -0.05) is 19.1 Å². The Bertz CT molecular complexity index is 408. The molecule has 1 unspecified atom stereocenters. The van der Waals surface area contributed by atoms with Crippen molar-refractivity contribution in [1.29, 1.82) is 0 Å². The van der Waals surface area contributed by atoms with Gasteiger partial charge in [0.1, 0.15) is 0 Å². The van der Waals surface area contributed by atoms with Crippen LogP contribution in [0.3, 0.4) is 0 Å². The van der Waals surface area contributed by atoms with Crippen LogP contribution in [0.25, 0.3) is 0 Å². The van der Waals surface area contributed by atoms with Gasteiger partial charge in [0.05, 0.1) is 0 Å². The zero-order chi connectivity index (χ0) is 12.6. The molecule has 1 aromatic carbocycles. The molecule has 0 aromatic heterocycles. The molecular formula is C16H24N2. The van der Waals surface area contributed by atoms with E-state index in [-0.39, 0.29) is 0 Å². The molecule has 1 aliphatic heterocycles. The van der Waals surface area contributed by atoms with Gasteiger partial charge in [-0.3, -0.25) is 0 Å². The number of aryl methyl sites for hydroxylation is 1. The van der Waals surface area contributed by atoms with E-state index in [9.17, 15) is 0 Å². The van der Waals surface area contributed by atoms with Crippen LogP contribution in [-0.2, 0) is 6.42 Å². The van der Waals surface area contributed by atoms with Gasteiger partial charge in [0.25, 0.3) is 0 Å². The Morgan fingerprint density at radius 1 is 1.28 bits per heavy atom. The molecule has 1 aromatic rings. The second-order valence-corrected chi connectivity index (χ2v) is 6.06. The quantitative estimate of drug-likeness (QED) is 0.879. The summed E-state index contributed by atoms with van der Waals surface area (Å²) in [5, 5.41) is 3.74. The number of nitrogens with one attached hydrogen (secondary N) is 1. The first-order chi connectivity index (χ1) is 8.71. The maximum atomic E-state index is 3.74. The molecule has 2 nitrogen and oxygen atoms in total. The topological polar surface area (TPSA) is 15.3 Å². The van der Waals surface area contributed by atoms with Crippen LogP contribution < -0.4 is 10.2 Å². The molecule has 3 rings (SSSR count). The summed E-state index contributed by atoms with van der Waals surface area (Å²) in [6.07, 6.45) is 3.94. The van der Waals surface area contributed by atoms with Crippen LogP contribution in [0.4, 0.5) is 5.69 Å². The van der Waals surface area contributed by atoms with Crippen molar-refractivity contribution in [3.05, 3.63) is 29.8 Å². The third kappa shape index (κ3) is 2.26. The summed E-state index contributed by atoms with van der Waals surface area (Å²) in [5.41, 5.74) is 3.15. The van der Waals surface area contributed by atoms with E-state index in [0.717, 1.165) is 32.0 Å². The molecule has 2 aliphatic rings. The Kier molecular flexibility index (Phi) is 3.06. The van der Waals surface area contributed by atoms with Crippen LogP contribution in [0.15, 0.2) is 24.3 Å². The average molecular weight is 244 g/mol. The molecule has 0 spiro atoms. The molecule has 18 heavy (non-hydrogen) atoms. The van der Waals surface area contributed by atoms with Crippen molar-refractivity contribution in [3.63, 3.8) is 0 Å². The van der Waals surface area contributed by atoms with Gasteiger partial charge in [-0.2, -0.15) is 0 Å². The van der Waals surface area contributed by atoms with Gasteiger partial charge in [0.15, 0.2) is 0 Å². The Labute approximate surface area is 110 Å². The van der Waals surface area contributed by atoms with E-state index in [4.69, 9.17) is 0 Å². The van der Waals surface area contributed by atoms with Crippen molar-refractivity contribution in [3.8, 4) is 0 Å². The second kappa shape index (κ2) is 4.58. The number of anilines is 1. The van der Waals surface area contributed by atoms with Crippen molar-refractivity contribution >= 4 is 5.69 Å². The minimum Gasteiger partial charge on any atom is -0.368 e. The number of hydrogen-bond donors (Lipinski definition) is 1. The average Bonchev–Trinajstić information content (AvgIpc) is 3.24. The molecule has 1 saturated carbocycles. The lowest BCUT2D eigenvalue weighted by Gasteiger charge is -2.43. The van der Waals surface area contributed by atoms with E-state index >= 15 is 0 Å². The molecular weight excluding hydrogens is 220 g/mol. The number of piperazine rings is 1. The molecule has 1 aliphatic carbocycles. The van der Waals surface area contributed by atoms with Crippen LogP contribution >= 0.6 is 0 Å². The third-order valence-electron chi connectivity index (χ3n) is 4.62. The maximum absolute atomic E-state index is 3.74. The molecule has 1 saturated heterocycles. The summed E-state index contributed by atoms with van der Waals surface area (Å²) >= 11 is 0. The predicted molar refractivity (Wildman–Crippen MR) is 77.2 cm³/mol. The zero-order valence-corrected chi connectivity index (χ0v) is 11.6. The highest BCUT2D eigenvalue weighted by Crippen LogP contribution is 2.41. The summed E-state index contributed by atoms with van der Waals surface area (Å²) in [6.45, 7) is 8.01. The number of hydrogen-bond acceptors (Lipinski definition) is 2. The second-order valence-electron chi connectivity index (χ2n) is 6.06. The van der Waals surface area contributed by atoms with Crippen molar-refractivity contribution in [1.82, 2.24) is 5.32 Å². The van der Waals surface area contributed by atoms with Gasteiger partial charge in [-0.15, -0.1) is 0 Å². The first-order valence-electron chi connectivity index (χ1n) is 7.30. The summed E-state index contributed by atoms with van der Waals surface area (Å²) in [7, 11) is 0. The van der Waals surface area contributed by atoms with Crippen molar-refractivity contribution in [2.24, 2.45) is 5.92 Å². The molecule has 2 heteroatoms. The summed E-state index contributed by atoms with van der Waals surface area (Å²) < 4.78 is 0. The molecule has 0 radical (unpaired) electrons. The van der Waals surface area contributed by atoms with Crippen molar-refractivity contribution in [2.75, 3.05) is 24.5 Å². The van der Waals surface area contributed by atoms with Crippen molar-refractivity contribution < 1.29 is 0 Å². The van der Waals surface area contributed by atoms with E-state index in [2.05, 4.69) is 48.3 Å². The van der Waals surface area contributed by atoms with E-state index in [1.165, 1.54) is 24.1 Å². The normalized spacial score (nSPS) is 28.4. The van der Waals surface area contributed by atoms with E-state index in [1.54, 1.807) is 0 Å². The summed E-state index contributed by atoms with van der Waals surface area (Å²) in [6, 6.07) is 9.12. The number of benzene rings is 1. The van der Waals surface area contributed by atoms with Crippen LogP contribution in [0.5, 0.6) is 0 Å². The van der Waals surface area contributed by atoms with Gasteiger partial charge >= 0.3 is 0 Å². The monoisotopic (exact) mass is 244 g/mol. The number of rotatable bonds is 3. The summed E-state index contributed by atoms with van der Waals surface area (Å²) in [4.78, 5) is 2.55. The highest BCUT2D eigenvalue weighted by atomic mass is 15.2. The molecule has 0 bridgehead atoms. The van der Waals surface area contributed by atoms with Crippen LogP contribution in [0, 0.1) is 5.92 Å². The Morgan fingerprint density at radius 3 is 2.61 bits per heavy atom. The Hall–Kier alpha value is -1.02.